The first kappa shape index (κ1) is 14.1. The number of esters is 1. The third-order valence-electron chi connectivity index (χ3n) is 2.93. The molecule has 2 rings (SSSR count). The molecular formula is C15H18N2O3. The van der Waals surface area contributed by atoms with Crippen LogP contribution in [0.2, 0.25) is 0 Å². The molecule has 0 aliphatic carbocycles. The first-order chi connectivity index (χ1) is 9.72. The molecule has 5 heteroatoms. The fourth-order valence-electron chi connectivity index (χ4n) is 2.09. The molecule has 0 spiro atoms. The van der Waals surface area contributed by atoms with Crippen molar-refractivity contribution in [2.75, 3.05) is 25.6 Å². The predicted molar refractivity (Wildman–Crippen MR) is 78.4 cm³/mol. The van der Waals surface area contributed by atoms with E-state index in [1.165, 1.54) is 6.20 Å². The average Bonchev–Trinajstić information content (AvgIpc) is 2.47. The van der Waals surface area contributed by atoms with E-state index in [-0.39, 0.29) is 5.97 Å². The van der Waals surface area contributed by atoms with Crippen LogP contribution in [0.5, 0.6) is 5.75 Å². The second kappa shape index (κ2) is 6.23. The van der Waals surface area contributed by atoms with Gasteiger partial charge >= 0.3 is 5.97 Å². The molecule has 0 aliphatic rings. The average molecular weight is 274 g/mol. The van der Waals surface area contributed by atoms with Crippen LogP contribution >= 0.6 is 0 Å². The number of pyridine rings is 1. The number of hydrogen-bond acceptors (Lipinski definition) is 5. The topological polar surface area (TPSA) is 60.5 Å². The maximum absolute atomic E-state index is 12.0. The van der Waals surface area contributed by atoms with Gasteiger partial charge in [-0.1, -0.05) is 12.1 Å². The first-order valence-electron chi connectivity index (χ1n) is 6.59. The third-order valence-corrected chi connectivity index (χ3v) is 2.93. The normalized spacial score (nSPS) is 10.3. The van der Waals surface area contributed by atoms with E-state index in [0.29, 0.717) is 24.5 Å². The van der Waals surface area contributed by atoms with E-state index in [1.807, 2.05) is 25.1 Å². The summed E-state index contributed by atoms with van der Waals surface area (Å²) in [5, 5.41) is 4.06. The lowest BCUT2D eigenvalue weighted by atomic mass is 10.1. The van der Waals surface area contributed by atoms with Crippen LogP contribution in [-0.2, 0) is 4.74 Å². The molecule has 0 atom stereocenters. The smallest absolute Gasteiger partial charge is 0.341 e. The molecule has 1 aromatic heterocycles. The van der Waals surface area contributed by atoms with E-state index >= 15 is 0 Å². The molecule has 20 heavy (non-hydrogen) atoms. The third kappa shape index (κ3) is 2.52. The Hall–Kier alpha value is -2.30. The van der Waals surface area contributed by atoms with E-state index < -0.39 is 0 Å². The Bertz CT molecular complexity index is 626. The summed E-state index contributed by atoms with van der Waals surface area (Å²) in [5.74, 6) is 0.303. The van der Waals surface area contributed by atoms with E-state index in [4.69, 9.17) is 9.47 Å². The van der Waals surface area contributed by atoms with Crippen LogP contribution in [-0.4, -0.2) is 31.2 Å². The zero-order valence-corrected chi connectivity index (χ0v) is 11.9. The highest BCUT2D eigenvalue weighted by molar-refractivity contribution is 6.06. The van der Waals surface area contributed by atoms with Crippen LogP contribution in [0.4, 0.5) is 5.69 Å². The SMILES string of the molecule is CCNc1c(C(=O)OCC)cnc2c(OC)cccc12. The summed E-state index contributed by atoms with van der Waals surface area (Å²) in [5.41, 5.74) is 1.89. The van der Waals surface area contributed by atoms with Gasteiger partial charge in [0.15, 0.2) is 0 Å². The number of fused-ring (bicyclic) bond motifs is 1. The van der Waals surface area contributed by atoms with E-state index in [2.05, 4.69) is 10.3 Å². The van der Waals surface area contributed by atoms with Crippen molar-refractivity contribution in [3.63, 3.8) is 0 Å². The highest BCUT2D eigenvalue weighted by Gasteiger charge is 2.17. The second-order valence-corrected chi connectivity index (χ2v) is 4.15. The van der Waals surface area contributed by atoms with Gasteiger partial charge in [-0.2, -0.15) is 0 Å². The molecule has 0 aliphatic heterocycles. The number of aromatic nitrogens is 1. The lowest BCUT2D eigenvalue weighted by molar-refractivity contribution is 0.0527. The van der Waals surface area contributed by atoms with Crippen molar-refractivity contribution in [3.05, 3.63) is 30.0 Å². The molecule has 0 saturated carbocycles. The number of anilines is 1. The summed E-state index contributed by atoms with van der Waals surface area (Å²) in [4.78, 5) is 16.3. The number of para-hydroxylation sites is 1. The van der Waals surface area contributed by atoms with Crippen molar-refractivity contribution in [1.82, 2.24) is 4.98 Å². The zero-order chi connectivity index (χ0) is 14.5. The number of carbonyl (C=O) groups excluding carboxylic acids is 1. The molecule has 1 aromatic carbocycles. The van der Waals surface area contributed by atoms with Gasteiger partial charge in [0, 0.05) is 18.1 Å². The lowest BCUT2D eigenvalue weighted by Gasteiger charge is -2.14. The van der Waals surface area contributed by atoms with Gasteiger partial charge in [-0.25, -0.2) is 4.79 Å². The minimum absolute atomic E-state index is 0.334. The zero-order valence-electron chi connectivity index (χ0n) is 11.9. The van der Waals surface area contributed by atoms with Crippen molar-refractivity contribution in [2.45, 2.75) is 13.8 Å². The number of methoxy groups -OCH3 is 1. The van der Waals surface area contributed by atoms with Crippen molar-refractivity contribution >= 4 is 22.6 Å². The first-order valence-corrected chi connectivity index (χ1v) is 6.59. The quantitative estimate of drug-likeness (QED) is 0.849. The molecule has 5 nitrogen and oxygen atoms in total. The molecule has 106 valence electrons. The van der Waals surface area contributed by atoms with Crippen LogP contribution in [0.1, 0.15) is 24.2 Å². The summed E-state index contributed by atoms with van der Waals surface area (Å²) in [6.45, 7) is 4.78. The number of nitrogens with zero attached hydrogens (tertiary/aromatic N) is 1. The summed E-state index contributed by atoms with van der Waals surface area (Å²) in [6, 6.07) is 5.62. The molecule has 0 bridgehead atoms. The number of ether oxygens (including phenoxy) is 2. The molecule has 1 heterocycles. The maximum Gasteiger partial charge on any atom is 0.341 e. The van der Waals surface area contributed by atoms with Gasteiger partial charge in [-0.15, -0.1) is 0 Å². The van der Waals surface area contributed by atoms with Crippen LogP contribution < -0.4 is 10.1 Å². The number of nitrogens with one attached hydrogen (secondary N) is 1. The van der Waals surface area contributed by atoms with Crippen LogP contribution in [0.25, 0.3) is 10.9 Å². The summed E-state index contributed by atoms with van der Waals surface area (Å²) < 4.78 is 10.4. The van der Waals surface area contributed by atoms with Crippen molar-refractivity contribution in [2.24, 2.45) is 0 Å². The van der Waals surface area contributed by atoms with Crippen LogP contribution in [0.3, 0.4) is 0 Å². The number of rotatable bonds is 5. The van der Waals surface area contributed by atoms with Gasteiger partial charge in [0.25, 0.3) is 0 Å². The highest BCUT2D eigenvalue weighted by atomic mass is 16.5. The van der Waals surface area contributed by atoms with Crippen molar-refractivity contribution in [1.29, 1.82) is 0 Å². The summed E-state index contributed by atoms with van der Waals surface area (Å²) in [7, 11) is 1.60. The Balaban J connectivity index is 2.65. The van der Waals surface area contributed by atoms with Crippen LogP contribution in [0, 0.1) is 0 Å². The van der Waals surface area contributed by atoms with Gasteiger partial charge in [0.2, 0.25) is 0 Å². The van der Waals surface area contributed by atoms with Crippen molar-refractivity contribution < 1.29 is 14.3 Å². The Morgan fingerprint density at radius 3 is 2.80 bits per heavy atom. The number of carbonyl (C=O) groups is 1. The molecular weight excluding hydrogens is 256 g/mol. The number of benzene rings is 1. The molecule has 0 radical (unpaired) electrons. The minimum Gasteiger partial charge on any atom is -0.494 e. The summed E-state index contributed by atoms with van der Waals surface area (Å²) >= 11 is 0. The Labute approximate surface area is 117 Å². The molecule has 2 aromatic rings. The van der Waals surface area contributed by atoms with Crippen LogP contribution in [0.15, 0.2) is 24.4 Å². The fourth-order valence-corrected chi connectivity index (χ4v) is 2.09. The molecule has 0 amide bonds. The van der Waals surface area contributed by atoms with Gasteiger partial charge < -0.3 is 14.8 Å². The van der Waals surface area contributed by atoms with Gasteiger partial charge in [0.1, 0.15) is 16.8 Å². The second-order valence-electron chi connectivity index (χ2n) is 4.15. The van der Waals surface area contributed by atoms with Crippen molar-refractivity contribution in [3.8, 4) is 5.75 Å². The summed E-state index contributed by atoms with van der Waals surface area (Å²) in [6.07, 6.45) is 1.53. The lowest BCUT2D eigenvalue weighted by Crippen LogP contribution is -2.11. The van der Waals surface area contributed by atoms with E-state index in [1.54, 1.807) is 14.0 Å². The fraction of sp³-hybridized carbons (Fsp3) is 0.333. The predicted octanol–water partition coefficient (Wildman–Crippen LogP) is 2.85. The Kier molecular flexibility index (Phi) is 4.40. The van der Waals surface area contributed by atoms with Gasteiger partial charge in [0.05, 0.1) is 19.4 Å². The largest absolute Gasteiger partial charge is 0.494 e. The van der Waals surface area contributed by atoms with Gasteiger partial charge in [-0.05, 0) is 19.9 Å². The highest BCUT2D eigenvalue weighted by Crippen LogP contribution is 2.31. The standard InChI is InChI=1S/C15H18N2O3/c1-4-16-13-10-7-6-8-12(19-3)14(10)17-9-11(13)15(18)20-5-2/h6-9H,4-5H2,1-3H3,(H,16,17). The van der Waals surface area contributed by atoms with E-state index in [9.17, 15) is 4.79 Å². The molecule has 1 N–H and O–H groups in total. The monoisotopic (exact) mass is 274 g/mol. The number of hydrogen-bond donors (Lipinski definition) is 1. The van der Waals surface area contributed by atoms with Gasteiger partial charge in [-0.3, -0.25) is 4.98 Å². The molecule has 0 saturated heterocycles. The van der Waals surface area contributed by atoms with E-state index in [0.717, 1.165) is 16.6 Å². The Morgan fingerprint density at radius 2 is 2.15 bits per heavy atom. The maximum atomic E-state index is 12.0. The molecule has 0 unspecified atom stereocenters. The molecule has 0 fully saturated rings. The Morgan fingerprint density at radius 1 is 1.35 bits per heavy atom. The minimum atomic E-state index is -0.374.